The molecule has 8 nitrogen and oxygen atoms in total. The van der Waals surface area contributed by atoms with Crippen molar-refractivity contribution in [1.82, 2.24) is 25.9 Å². The Labute approximate surface area is 91.9 Å². The maximum Gasteiger partial charge on any atom is 0.293 e. The summed E-state index contributed by atoms with van der Waals surface area (Å²) in [4.78, 5) is 11.6. The number of rotatable bonds is 4. The van der Waals surface area contributed by atoms with Gasteiger partial charge in [-0.2, -0.15) is 5.21 Å². The third-order valence-corrected chi connectivity index (χ3v) is 2.59. The van der Waals surface area contributed by atoms with Crippen molar-refractivity contribution in [3.63, 3.8) is 0 Å². The topological polar surface area (TPSA) is 119 Å². The molecule has 1 aromatic heterocycles. The predicted molar refractivity (Wildman–Crippen MR) is 53.4 cm³/mol. The summed E-state index contributed by atoms with van der Waals surface area (Å²) in [5.74, 6) is -0.382. The minimum absolute atomic E-state index is 0.00866. The summed E-state index contributed by atoms with van der Waals surface area (Å²) in [6.07, 6.45) is 0.737. The molecule has 3 atom stereocenters. The molecule has 1 heterocycles. The number of ether oxygens (including phenoxy) is 1. The van der Waals surface area contributed by atoms with Gasteiger partial charge < -0.3 is 15.8 Å². The molecule has 0 bridgehead atoms. The van der Waals surface area contributed by atoms with Crippen molar-refractivity contribution < 1.29 is 9.53 Å². The number of H-pyrrole nitrogens is 1. The first-order chi connectivity index (χ1) is 7.72. The summed E-state index contributed by atoms with van der Waals surface area (Å²) in [5.41, 5.74) is 5.79. The third kappa shape index (κ3) is 2.02. The van der Waals surface area contributed by atoms with E-state index in [1.165, 1.54) is 0 Å². The summed E-state index contributed by atoms with van der Waals surface area (Å²) < 4.78 is 5.42. The van der Waals surface area contributed by atoms with Gasteiger partial charge in [-0.3, -0.25) is 4.79 Å². The quantitative estimate of drug-likeness (QED) is 0.571. The van der Waals surface area contributed by atoms with Gasteiger partial charge in [0.2, 0.25) is 0 Å². The van der Waals surface area contributed by atoms with Crippen LogP contribution in [0.25, 0.3) is 0 Å². The van der Waals surface area contributed by atoms with Gasteiger partial charge in [0.05, 0.1) is 12.1 Å². The van der Waals surface area contributed by atoms with E-state index in [1.807, 2.05) is 6.92 Å². The first kappa shape index (κ1) is 11.0. The summed E-state index contributed by atoms with van der Waals surface area (Å²) in [6.45, 7) is 2.51. The Morgan fingerprint density at radius 2 is 2.56 bits per heavy atom. The van der Waals surface area contributed by atoms with Gasteiger partial charge in [0, 0.05) is 12.6 Å². The SMILES string of the molecule is CCOC1CC(N)C1NC(=O)c1nn[nH]n1. The maximum absolute atomic E-state index is 11.6. The molecule has 1 aliphatic rings. The monoisotopic (exact) mass is 226 g/mol. The smallest absolute Gasteiger partial charge is 0.293 e. The van der Waals surface area contributed by atoms with E-state index < -0.39 is 5.91 Å². The molecule has 1 saturated carbocycles. The second-order valence-corrected chi connectivity index (χ2v) is 3.63. The number of nitrogens with zero attached hydrogens (tertiary/aromatic N) is 3. The van der Waals surface area contributed by atoms with Crippen molar-refractivity contribution in [3.8, 4) is 0 Å². The van der Waals surface area contributed by atoms with Crippen LogP contribution in [0.2, 0.25) is 0 Å². The lowest BCUT2D eigenvalue weighted by atomic mass is 9.83. The summed E-state index contributed by atoms with van der Waals surface area (Å²) in [6, 6.07) is -0.252. The van der Waals surface area contributed by atoms with Gasteiger partial charge in [-0.25, -0.2) is 0 Å². The van der Waals surface area contributed by atoms with Gasteiger partial charge in [0.1, 0.15) is 0 Å². The fourth-order valence-corrected chi connectivity index (χ4v) is 1.70. The molecule has 0 aromatic carbocycles. The number of aromatic amines is 1. The van der Waals surface area contributed by atoms with Gasteiger partial charge in [0.15, 0.2) is 0 Å². The van der Waals surface area contributed by atoms with E-state index in [1.54, 1.807) is 0 Å². The second kappa shape index (κ2) is 4.54. The largest absolute Gasteiger partial charge is 0.376 e. The lowest BCUT2D eigenvalue weighted by Gasteiger charge is -2.42. The molecule has 2 rings (SSSR count). The lowest BCUT2D eigenvalue weighted by molar-refractivity contribution is -0.0301. The number of hydrogen-bond acceptors (Lipinski definition) is 6. The van der Waals surface area contributed by atoms with Crippen LogP contribution in [0.4, 0.5) is 0 Å². The van der Waals surface area contributed by atoms with Crippen LogP contribution in [-0.2, 0) is 4.74 Å². The first-order valence-corrected chi connectivity index (χ1v) is 5.14. The van der Waals surface area contributed by atoms with Crippen LogP contribution < -0.4 is 11.1 Å². The Bertz CT molecular complexity index is 351. The molecular formula is C8H14N6O2. The molecule has 1 amide bonds. The van der Waals surface area contributed by atoms with E-state index in [9.17, 15) is 4.79 Å². The second-order valence-electron chi connectivity index (χ2n) is 3.63. The Morgan fingerprint density at radius 3 is 3.12 bits per heavy atom. The van der Waals surface area contributed by atoms with E-state index >= 15 is 0 Å². The zero-order valence-corrected chi connectivity index (χ0v) is 8.88. The van der Waals surface area contributed by atoms with Crippen molar-refractivity contribution in [1.29, 1.82) is 0 Å². The zero-order valence-electron chi connectivity index (χ0n) is 8.88. The standard InChI is InChI=1S/C8H14N6O2/c1-2-16-5-3-4(9)6(5)10-8(15)7-11-13-14-12-7/h4-6H,2-3,9H2,1H3,(H,10,15)(H,11,12,13,14). The third-order valence-electron chi connectivity index (χ3n) is 2.59. The highest BCUT2D eigenvalue weighted by atomic mass is 16.5. The molecule has 1 aliphatic carbocycles. The van der Waals surface area contributed by atoms with Crippen LogP contribution in [0.3, 0.4) is 0 Å². The van der Waals surface area contributed by atoms with E-state index in [4.69, 9.17) is 10.5 Å². The average molecular weight is 226 g/mol. The van der Waals surface area contributed by atoms with Gasteiger partial charge in [0.25, 0.3) is 11.7 Å². The van der Waals surface area contributed by atoms with Crippen molar-refractivity contribution in [2.24, 2.45) is 5.73 Å². The molecule has 1 aromatic rings. The predicted octanol–water partition coefficient (Wildman–Crippen LogP) is -1.57. The highest BCUT2D eigenvalue weighted by Crippen LogP contribution is 2.22. The molecule has 3 unspecified atom stereocenters. The van der Waals surface area contributed by atoms with Gasteiger partial charge >= 0.3 is 0 Å². The number of hydrogen-bond donors (Lipinski definition) is 3. The van der Waals surface area contributed by atoms with Crippen LogP contribution >= 0.6 is 0 Å². The summed E-state index contributed by atoms with van der Waals surface area (Å²) >= 11 is 0. The number of nitrogens with one attached hydrogen (secondary N) is 2. The number of aromatic nitrogens is 4. The van der Waals surface area contributed by atoms with Gasteiger partial charge in [-0.15, -0.1) is 10.2 Å². The van der Waals surface area contributed by atoms with Gasteiger partial charge in [-0.1, -0.05) is 0 Å². The van der Waals surface area contributed by atoms with Crippen molar-refractivity contribution in [2.45, 2.75) is 31.5 Å². The molecule has 0 saturated heterocycles. The normalized spacial score (nSPS) is 28.5. The summed E-state index contributed by atoms with van der Waals surface area (Å²) in [7, 11) is 0. The lowest BCUT2D eigenvalue weighted by Crippen LogP contribution is -2.64. The zero-order chi connectivity index (χ0) is 11.5. The van der Waals surface area contributed by atoms with Crippen LogP contribution in [-0.4, -0.2) is 51.3 Å². The molecular weight excluding hydrogens is 212 g/mol. The fraction of sp³-hybridized carbons (Fsp3) is 0.750. The molecule has 0 spiro atoms. The highest BCUT2D eigenvalue weighted by molar-refractivity contribution is 5.90. The van der Waals surface area contributed by atoms with Crippen molar-refractivity contribution >= 4 is 5.91 Å². The number of nitrogens with two attached hydrogens (primary N) is 1. The highest BCUT2D eigenvalue weighted by Gasteiger charge is 2.40. The van der Waals surface area contributed by atoms with Gasteiger partial charge in [-0.05, 0) is 18.6 Å². The van der Waals surface area contributed by atoms with Crippen LogP contribution in [0, 0.1) is 0 Å². The average Bonchev–Trinajstić information content (AvgIpc) is 2.79. The Morgan fingerprint density at radius 1 is 1.75 bits per heavy atom. The van der Waals surface area contributed by atoms with Crippen LogP contribution in [0.15, 0.2) is 0 Å². The Hall–Kier alpha value is -1.54. The minimum atomic E-state index is -0.390. The maximum atomic E-state index is 11.6. The van der Waals surface area contributed by atoms with Crippen molar-refractivity contribution in [2.75, 3.05) is 6.61 Å². The van der Waals surface area contributed by atoms with Crippen LogP contribution in [0.1, 0.15) is 24.0 Å². The molecule has 0 radical (unpaired) electrons. The number of amides is 1. The van der Waals surface area contributed by atoms with E-state index in [0.717, 1.165) is 6.42 Å². The first-order valence-electron chi connectivity index (χ1n) is 5.14. The molecule has 0 aliphatic heterocycles. The Kier molecular flexibility index (Phi) is 3.11. The molecule has 4 N–H and O–H groups in total. The summed E-state index contributed by atoms with van der Waals surface area (Å²) in [5, 5.41) is 15.4. The molecule has 1 fully saturated rings. The van der Waals surface area contributed by atoms with Crippen molar-refractivity contribution in [3.05, 3.63) is 5.82 Å². The number of tetrazole rings is 1. The van der Waals surface area contributed by atoms with Crippen LogP contribution in [0.5, 0.6) is 0 Å². The number of carbonyl (C=O) groups is 1. The molecule has 88 valence electrons. The van der Waals surface area contributed by atoms with E-state index in [0.29, 0.717) is 6.61 Å². The van der Waals surface area contributed by atoms with E-state index in [-0.39, 0.29) is 24.0 Å². The number of carbonyl (C=O) groups excluding carboxylic acids is 1. The van der Waals surface area contributed by atoms with E-state index in [2.05, 4.69) is 25.9 Å². The molecule has 16 heavy (non-hydrogen) atoms. The fourth-order valence-electron chi connectivity index (χ4n) is 1.70. The molecule has 8 heteroatoms. The Balaban J connectivity index is 1.91. The minimum Gasteiger partial charge on any atom is -0.376 e.